The van der Waals surface area contributed by atoms with Crippen molar-refractivity contribution in [3.8, 4) is 0 Å². The third-order valence-corrected chi connectivity index (χ3v) is 4.93. The maximum Gasteiger partial charge on any atom is 0.0696 e. The van der Waals surface area contributed by atoms with Gasteiger partial charge in [-0.3, -0.25) is 0 Å². The summed E-state index contributed by atoms with van der Waals surface area (Å²) in [6.07, 6.45) is 9.22. The SMILES string of the molecule is CCCC1CCCC(O)(Cc2cccs2)CC1. The second-order valence-corrected chi connectivity index (χ2v) is 6.60. The van der Waals surface area contributed by atoms with Crippen LogP contribution in [0.1, 0.15) is 56.7 Å². The second kappa shape index (κ2) is 6.01. The zero-order chi connectivity index (χ0) is 12.1. The first kappa shape index (κ1) is 13.1. The molecule has 1 aromatic heterocycles. The van der Waals surface area contributed by atoms with E-state index in [0.717, 1.165) is 25.2 Å². The van der Waals surface area contributed by atoms with Crippen LogP contribution >= 0.6 is 11.3 Å². The summed E-state index contributed by atoms with van der Waals surface area (Å²) in [5, 5.41) is 12.8. The molecule has 0 aromatic carbocycles. The monoisotopic (exact) mass is 252 g/mol. The Balaban J connectivity index is 1.92. The standard InChI is InChI=1S/C15H24OS/c1-2-5-13-6-3-9-15(16,10-8-13)12-14-7-4-11-17-14/h4,7,11,13,16H,2-3,5-6,8-10,12H2,1H3. The molecule has 1 aliphatic rings. The van der Waals surface area contributed by atoms with E-state index in [0.29, 0.717) is 0 Å². The lowest BCUT2D eigenvalue weighted by molar-refractivity contribution is 0.0248. The van der Waals surface area contributed by atoms with Crippen molar-refractivity contribution in [1.29, 1.82) is 0 Å². The van der Waals surface area contributed by atoms with Crippen molar-refractivity contribution < 1.29 is 5.11 Å². The fourth-order valence-electron chi connectivity index (χ4n) is 3.07. The average molecular weight is 252 g/mol. The van der Waals surface area contributed by atoms with Crippen molar-refractivity contribution >= 4 is 11.3 Å². The molecular formula is C15H24OS. The number of aliphatic hydroxyl groups is 1. The first-order valence-electron chi connectivity index (χ1n) is 6.96. The predicted octanol–water partition coefficient (Wildman–Crippen LogP) is 4.40. The average Bonchev–Trinajstić information content (AvgIpc) is 2.72. The van der Waals surface area contributed by atoms with Crippen LogP contribution in [0, 0.1) is 5.92 Å². The molecule has 0 bridgehead atoms. The summed E-state index contributed by atoms with van der Waals surface area (Å²) in [7, 11) is 0. The number of hydrogen-bond acceptors (Lipinski definition) is 2. The molecule has 2 unspecified atom stereocenters. The fraction of sp³-hybridized carbons (Fsp3) is 0.733. The van der Waals surface area contributed by atoms with Crippen molar-refractivity contribution in [2.24, 2.45) is 5.92 Å². The van der Waals surface area contributed by atoms with Crippen molar-refractivity contribution in [1.82, 2.24) is 0 Å². The summed E-state index contributed by atoms with van der Waals surface area (Å²) >= 11 is 1.77. The van der Waals surface area contributed by atoms with Gasteiger partial charge < -0.3 is 5.11 Å². The number of hydrogen-bond donors (Lipinski definition) is 1. The summed E-state index contributed by atoms with van der Waals surface area (Å²) in [4.78, 5) is 1.33. The minimum Gasteiger partial charge on any atom is -0.390 e. The highest BCUT2D eigenvalue weighted by molar-refractivity contribution is 7.09. The quantitative estimate of drug-likeness (QED) is 0.787. The second-order valence-electron chi connectivity index (χ2n) is 5.57. The third-order valence-electron chi connectivity index (χ3n) is 4.05. The Bertz CT molecular complexity index is 320. The molecule has 0 saturated heterocycles. The lowest BCUT2D eigenvalue weighted by Crippen LogP contribution is -2.30. The third kappa shape index (κ3) is 3.82. The highest BCUT2D eigenvalue weighted by atomic mass is 32.1. The van der Waals surface area contributed by atoms with Crippen LogP contribution in [0.2, 0.25) is 0 Å². The van der Waals surface area contributed by atoms with Crippen LogP contribution in [0.25, 0.3) is 0 Å². The zero-order valence-corrected chi connectivity index (χ0v) is 11.6. The molecule has 96 valence electrons. The molecule has 1 aromatic rings. The van der Waals surface area contributed by atoms with Crippen LogP contribution in [0.3, 0.4) is 0 Å². The van der Waals surface area contributed by atoms with E-state index in [4.69, 9.17) is 0 Å². The van der Waals surface area contributed by atoms with E-state index in [1.54, 1.807) is 11.3 Å². The van der Waals surface area contributed by atoms with Crippen molar-refractivity contribution in [2.45, 2.75) is 63.9 Å². The smallest absolute Gasteiger partial charge is 0.0696 e. The molecule has 1 aliphatic carbocycles. The molecule has 2 heteroatoms. The Morgan fingerprint density at radius 2 is 2.29 bits per heavy atom. The molecule has 17 heavy (non-hydrogen) atoms. The van der Waals surface area contributed by atoms with Gasteiger partial charge in [-0.25, -0.2) is 0 Å². The summed E-state index contributed by atoms with van der Waals surface area (Å²) in [5.41, 5.74) is -0.423. The molecule has 1 nitrogen and oxygen atoms in total. The Kier molecular flexibility index (Phi) is 4.63. The molecule has 0 radical (unpaired) electrons. The van der Waals surface area contributed by atoms with Crippen LogP contribution < -0.4 is 0 Å². The van der Waals surface area contributed by atoms with Gasteiger partial charge >= 0.3 is 0 Å². The van der Waals surface area contributed by atoms with Crippen LogP contribution in [0.5, 0.6) is 0 Å². The normalized spacial score (nSPS) is 30.1. The Morgan fingerprint density at radius 3 is 3.00 bits per heavy atom. The molecule has 2 rings (SSSR count). The van der Waals surface area contributed by atoms with Gasteiger partial charge in [0.25, 0.3) is 0 Å². The van der Waals surface area contributed by atoms with Gasteiger partial charge in [-0.1, -0.05) is 38.7 Å². The van der Waals surface area contributed by atoms with Crippen molar-refractivity contribution in [3.63, 3.8) is 0 Å². The van der Waals surface area contributed by atoms with Gasteiger partial charge in [0.05, 0.1) is 5.60 Å². The largest absolute Gasteiger partial charge is 0.390 e. The number of thiophene rings is 1. The van der Waals surface area contributed by atoms with Crippen LogP contribution in [-0.2, 0) is 6.42 Å². The van der Waals surface area contributed by atoms with Gasteiger partial charge in [-0.05, 0) is 36.6 Å². The molecular weight excluding hydrogens is 228 g/mol. The lowest BCUT2D eigenvalue weighted by atomic mass is 9.89. The molecule has 2 atom stereocenters. The minimum atomic E-state index is -0.423. The molecule has 1 heterocycles. The molecule has 1 saturated carbocycles. The molecule has 0 spiro atoms. The van der Waals surface area contributed by atoms with E-state index < -0.39 is 5.60 Å². The van der Waals surface area contributed by atoms with Gasteiger partial charge in [0.15, 0.2) is 0 Å². The fourth-order valence-corrected chi connectivity index (χ4v) is 3.91. The molecule has 1 fully saturated rings. The van der Waals surface area contributed by atoms with Gasteiger partial charge in [0.2, 0.25) is 0 Å². The Morgan fingerprint density at radius 1 is 1.41 bits per heavy atom. The van der Waals surface area contributed by atoms with E-state index >= 15 is 0 Å². The van der Waals surface area contributed by atoms with Crippen LogP contribution in [0.4, 0.5) is 0 Å². The Hall–Kier alpha value is -0.340. The summed E-state index contributed by atoms with van der Waals surface area (Å²) in [6.45, 7) is 2.27. The van der Waals surface area contributed by atoms with E-state index in [1.165, 1.54) is 37.0 Å². The van der Waals surface area contributed by atoms with Gasteiger partial charge in [-0.2, -0.15) is 0 Å². The zero-order valence-electron chi connectivity index (χ0n) is 10.8. The van der Waals surface area contributed by atoms with E-state index in [2.05, 4.69) is 24.4 Å². The molecule has 0 aliphatic heterocycles. The van der Waals surface area contributed by atoms with Gasteiger partial charge in [-0.15, -0.1) is 11.3 Å². The highest BCUT2D eigenvalue weighted by Gasteiger charge is 2.30. The Labute approximate surface area is 109 Å². The first-order valence-corrected chi connectivity index (χ1v) is 7.84. The first-order chi connectivity index (χ1) is 8.22. The minimum absolute atomic E-state index is 0.423. The van der Waals surface area contributed by atoms with Crippen molar-refractivity contribution in [3.05, 3.63) is 22.4 Å². The van der Waals surface area contributed by atoms with Crippen LogP contribution in [0.15, 0.2) is 17.5 Å². The van der Waals surface area contributed by atoms with E-state index in [9.17, 15) is 5.11 Å². The summed E-state index contributed by atoms with van der Waals surface area (Å²) < 4.78 is 0. The van der Waals surface area contributed by atoms with Crippen molar-refractivity contribution in [2.75, 3.05) is 0 Å². The summed E-state index contributed by atoms with van der Waals surface area (Å²) in [5.74, 6) is 0.859. The van der Waals surface area contributed by atoms with Gasteiger partial charge in [0, 0.05) is 11.3 Å². The van der Waals surface area contributed by atoms with E-state index in [-0.39, 0.29) is 0 Å². The maximum atomic E-state index is 10.7. The molecule has 1 N–H and O–H groups in total. The van der Waals surface area contributed by atoms with E-state index in [1.807, 2.05) is 0 Å². The van der Waals surface area contributed by atoms with Crippen LogP contribution in [-0.4, -0.2) is 10.7 Å². The lowest BCUT2D eigenvalue weighted by Gasteiger charge is -2.26. The topological polar surface area (TPSA) is 20.2 Å². The maximum absolute atomic E-state index is 10.7. The number of rotatable bonds is 4. The van der Waals surface area contributed by atoms with Gasteiger partial charge in [0.1, 0.15) is 0 Å². The highest BCUT2D eigenvalue weighted by Crippen LogP contribution is 2.35. The predicted molar refractivity (Wildman–Crippen MR) is 74.5 cm³/mol. The summed E-state index contributed by atoms with van der Waals surface area (Å²) in [6, 6.07) is 4.23. The molecule has 0 amide bonds.